The Balaban J connectivity index is 2.59. The highest BCUT2D eigenvalue weighted by molar-refractivity contribution is 7.51. The fourth-order valence-electron chi connectivity index (χ4n) is 1.94. The third-order valence-electron chi connectivity index (χ3n) is 3.60. The number of nitro benzene ring substituents is 1. The summed E-state index contributed by atoms with van der Waals surface area (Å²) in [6, 6.07) is 3.62. The summed E-state index contributed by atoms with van der Waals surface area (Å²) >= 11 is 0. The molecule has 2 atom stereocenters. The molecule has 1 rings (SSSR count). The van der Waals surface area contributed by atoms with Crippen LogP contribution in [0.25, 0.3) is 0 Å². The number of hydrogen-bond acceptors (Lipinski definition) is 6. The standard InChI is InChI=1S/C15H23N2O7P/c1-4-12(5-2)10-23-15(18)11(3)16-25(21,22)24-14-8-6-13(7-9-14)17(19)20/h6-9,11-12H,4-5,10H2,1-3H3,(H2,16,21,22)/t11-/m0/s1. The summed E-state index contributed by atoms with van der Waals surface area (Å²) in [4.78, 5) is 31.7. The van der Waals surface area contributed by atoms with Gasteiger partial charge in [-0.2, -0.15) is 5.09 Å². The van der Waals surface area contributed by atoms with E-state index in [0.29, 0.717) is 0 Å². The lowest BCUT2D eigenvalue weighted by atomic mass is 10.1. The van der Waals surface area contributed by atoms with E-state index in [9.17, 15) is 24.4 Å². The monoisotopic (exact) mass is 374 g/mol. The molecular weight excluding hydrogens is 351 g/mol. The number of rotatable bonds is 10. The van der Waals surface area contributed by atoms with Gasteiger partial charge >= 0.3 is 13.7 Å². The highest BCUT2D eigenvalue weighted by Gasteiger charge is 2.28. The maximum atomic E-state index is 12.0. The molecule has 0 saturated carbocycles. The van der Waals surface area contributed by atoms with Crippen LogP contribution in [0.3, 0.4) is 0 Å². The second-order valence-electron chi connectivity index (χ2n) is 5.53. The minimum Gasteiger partial charge on any atom is -0.464 e. The van der Waals surface area contributed by atoms with Gasteiger partial charge < -0.3 is 14.2 Å². The van der Waals surface area contributed by atoms with Crippen molar-refractivity contribution in [3.63, 3.8) is 0 Å². The molecular formula is C15H23N2O7P. The lowest BCUT2D eigenvalue weighted by Crippen LogP contribution is -2.35. The maximum absolute atomic E-state index is 12.0. The largest absolute Gasteiger partial charge is 0.464 e. The van der Waals surface area contributed by atoms with Crippen molar-refractivity contribution in [2.75, 3.05) is 6.61 Å². The fraction of sp³-hybridized carbons (Fsp3) is 0.533. The second-order valence-corrected chi connectivity index (χ2v) is 7.01. The van der Waals surface area contributed by atoms with Gasteiger partial charge in [0.1, 0.15) is 11.8 Å². The molecule has 1 aromatic rings. The molecule has 0 amide bonds. The van der Waals surface area contributed by atoms with Gasteiger partial charge in [-0.15, -0.1) is 0 Å². The van der Waals surface area contributed by atoms with E-state index in [2.05, 4.69) is 5.09 Å². The maximum Gasteiger partial charge on any atom is 0.456 e. The van der Waals surface area contributed by atoms with Crippen molar-refractivity contribution >= 4 is 19.4 Å². The van der Waals surface area contributed by atoms with Crippen LogP contribution in [-0.4, -0.2) is 28.4 Å². The molecule has 0 aliphatic rings. The average molecular weight is 374 g/mol. The zero-order valence-corrected chi connectivity index (χ0v) is 15.3. The van der Waals surface area contributed by atoms with Crippen LogP contribution in [-0.2, 0) is 14.1 Å². The summed E-state index contributed by atoms with van der Waals surface area (Å²) in [7, 11) is -4.35. The minimum absolute atomic E-state index is 0.0402. The van der Waals surface area contributed by atoms with Gasteiger partial charge in [0, 0.05) is 12.1 Å². The smallest absolute Gasteiger partial charge is 0.456 e. The average Bonchev–Trinajstić information content (AvgIpc) is 2.55. The van der Waals surface area contributed by atoms with E-state index in [0.717, 1.165) is 25.0 Å². The summed E-state index contributed by atoms with van der Waals surface area (Å²) in [5.74, 6) is -0.455. The van der Waals surface area contributed by atoms with E-state index in [1.807, 2.05) is 13.8 Å². The number of nitro groups is 1. The normalized spacial score (nSPS) is 14.6. The third kappa shape index (κ3) is 7.21. The number of ether oxygens (including phenoxy) is 1. The first-order valence-corrected chi connectivity index (χ1v) is 9.47. The number of carbonyl (C=O) groups excluding carboxylic acids is 1. The molecule has 0 unspecified atom stereocenters. The quantitative estimate of drug-likeness (QED) is 0.277. The van der Waals surface area contributed by atoms with Gasteiger partial charge in [-0.3, -0.25) is 14.9 Å². The molecule has 1 aromatic carbocycles. The minimum atomic E-state index is -4.35. The summed E-state index contributed by atoms with van der Waals surface area (Å²) < 4.78 is 22.1. The Morgan fingerprint density at radius 2 is 1.88 bits per heavy atom. The van der Waals surface area contributed by atoms with Crippen LogP contribution >= 0.6 is 7.75 Å². The lowest BCUT2D eigenvalue weighted by Gasteiger charge is -2.19. The molecule has 0 aliphatic heterocycles. The number of carbonyl (C=O) groups is 1. The zero-order valence-electron chi connectivity index (χ0n) is 14.4. The summed E-state index contributed by atoms with van der Waals surface area (Å²) in [6.07, 6.45) is 1.74. The van der Waals surface area contributed by atoms with Gasteiger partial charge in [-0.05, 0) is 25.0 Å². The van der Waals surface area contributed by atoms with Crippen LogP contribution in [0.4, 0.5) is 5.69 Å². The molecule has 2 N–H and O–H groups in total. The molecule has 0 spiro atoms. The number of benzene rings is 1. The Bertz CT molecular complexity index is 631. The molecule has 140 valence electrons. The zero-order chi connectivity index (χ0) is 19.0. The van der Waals surface area contributed by atoms with Gasteiger partial charge in [0.25, 0.3) is 5.69 Å². The highest BCUT2D eigenvalue weighted by atomic mass is 31.2. The Labute approximate surface area is 146 Å². The molecule has 9 nitrogen and oxygen atoms in total. The van der Waals surface area contributed by atoms with Crippen molar-refractivity contribution in [1.29, 1.82) is 0 Å². The highest BCUT2D eigenvalue weighted by Crippen LogP contribution is 2.39. The topological polar surface area (TPSA) is 128 Å². The van der Waals surface area contributed by atoms with Gasteiger partial charge in [0.05, 0.1) is 11.5 Å². The van der Waals surface area contributed by atoms with Gasteiger partial charge in [0.15, 0.2) is 0 Å². The Kier molecular flexibility index (Phi) is 8.02. The first-order valence-electron chi connectivity index (χ1n) is 7.89. The summed E-state index contributed by atoms with van der Waals surface area (Å²) in [6.45, 7) is 5.61. The fourth-order valence-corrected chi connectivity index (χ4v) is 3.00. The van der Waals surface area contributed by atoms with E-state index in [4.69, 9.17) is 9.26 Å². The summed E-state index contributed by atoms with van der Waals surface area (Å²) in [5, 5.41) is 12.7. The van der Waals surface area contributed by atoms with Crippen molar-refractivity contribution in [2.24, 2.45) is 5.92 Å². The van der Waals surface area contributed by atoms with E-state index >= 15 is 0 Å². The molecule has 0 radical (unpaired) electrons. The second kappa shape index (κ2) is 9.50. The summed E-state index contributed by atoms with van der Waals surface area (Å²) in [5.41, 5.74) is -0.175. The van der Waals surface area contributed by atoms with E-state index in [-0.39, 0.29) is 24.0 Å². The molecule has 10 heteroatoms. The Morgan fingerprint density at radius 1 is 1.32 bits per heavy atom. The van der Waals surface area contributed by atoms with Crippen molar-refractivity contribution < 1.29 is 28.4 Å². The Hall–Kier alpha value is -1.96. The van der Waals surface area contributed by atoms with Gasteiger partial charge in [-0.25, -0.2) is 4.57 Å². The molecule has 0 aromatic heterocycles. The van der Waals surface area contributed by atoms with Crippen LogP contribution in [0, 0.1) is 16.0 Å². The molecule has 0 aliphatic carbocycles. The molecule has 0 bridgehead atoms. The van der Waals surface area contributed by atoms with Crippen molar-refractivity contribution in [1.82, 2.24) is 5.09 Å². The SMILES string of the molecule is CCC(CC)COC(=O)[C@H](C)N[P@](=O)(O)Oc1ccc([N+](=O)[O-])cc1. The number of non-ortho nitro benzene ring substituents is 1. The predicted molar refractivity (Wildman–Crippen MR) is 91.2 cm³/mol. The van der Waals surface area contributed by atoms with E-state index in [1.165, 1.54) is 19.1 Å². The number of esters is 1. The van der Waals surface area contributed by atoms with Crippen LogP contribution in [0.5, 0.6) is 5.75 Å². The van der Waals surface area contributed by atoms with Crippen molar-refractivity contribution in [3.05, 3.63) is 34.4 Å². The first-order chi connectivity index (χ1) is 11.7. The van der Waals surface area contributed by atoms with Crippen molar-refractivity contribution in [3.8, 4) is 5.75 Å². The van der Waals surface area contributed by atoms with Crippen LogP contribution in [0.2, 0.25) is 0 Å². The van der Waals surface area contributed by atoms with Crippen LogP contribution in [0.15, 0.2) is 24.3 Å². The number of nitrogens with zero attached hydrogens (tertiary/aromatic N) is 1. The predicted octanol–water partition coefficient (Wildman–Crippen LogP) is 3.03. The van der Waals surface area contributed by atoms with Crippen LogP contribution < -0.4 is 9.61 Å². The van der Waals surface area contributed by atoms with Gasteiger partial charge in [-0.1, -0.05) is 26.7 Å². The number of hydrogen-bond donors (Lipinski definition) is 2. The molecule has 0 saturated heterocycles. The third-order valence-corrected chi connectivity index (χ3v) is 4.77. The van der Waals surface area contributed by atoms with Crippen molar-refractivity contribution in [2.45, 2.75) is 39.7 Å². The molecule has 0 heterocycles. The lowest BCUT2D eigenvalue weighted by molar-refractivity contribution is -0.384. The number of nitrogens with one attached hydrogen (secondary N) is 1. The first kappa shape index (κ1) is 21.1. The van der Waals surface area contributed by atoms with E-state index in [1.54, 1.807) is 0 Å². The molecule has 0 fully saturated rings. The van der Waals surface area contributed by atoms with E-state index < -0.39 is 24.7 Å². The van der Waals surface area contributed by atoms with Crippen LogP contribution in [0.1, 0.15) is 33.6 Å². The molecule has 25 heavy (non-hydrogen) atoms. The Morgan fingerprint density at radius 3 is 2.36 bits per heavy atom. The van der Waals surface area contributed by atoms with Gasteiger partial charge in [0.2, 0.25) is 0 Å².